The highest BCUT2D eigenvalue weighted by molar-refractivity contribution is 4.71. The molecule has 1 heterocycles. The molecule has 1 heteroatoms. The molecule has 0 aromatic carbocycles. The Morgan fingerprint density at radius 3 is 2.60 bits per heavy atom. The van der Waals surface area contributed by atoms with Crippen LogP contribution in [-0.2, 0) is 4.74 Å². The molecule has 0 aromatic rings. The molecule has 0 saturated carbocycles. The van der Waals surface area contributed by atoms with Crippen LogP contribution in [0.1, 0.15) is 72.1 Å². The average molecular weight is 212 g/mol. The Balaban J connectivity index is 2.17. The second kappa shape index (κ2) is 7.27. The van der Waals surface area contributed by atoms with Gasteiger partial charge in [-0.1, -0.05) is 46.0 Å². The van der Waals surface area contributed by atoms with Gasteiger partial charge in [0.25, 0.3) is 0 Å². The predicted molar refractivity (Wildman–Crippen MR) is 66.1 cm³/mol. The lowest BCUT2D eigenvalue weighted by atomic mass is 9.99. The van der Waals surface area contributed by atoms with Gasteiger partial charge in [-0.3, -0.25) is 0 Å². The number of hydrogen-bond acceptors (Lipinski definition) is 1. The van der Waals surface area contributed by atoms with Crippen molar-refractivity contribution in [2.45, 2.75) is 84.3 Å². The van der Waals surface area contributed by atoms with Crippen LogP contribution in [0.15, 0.2) is 0 Å². The van der Waals surface area contributed by atoms with Crippen LogP contribution in [0.3, 0.4) is 0 Å². The summed E-state index contributed by atoms with van der Waals surface area (Å²) in [5.41, 5.74) is 0. The topological polar surface area (TPSA) is 9.23 Å². The molecule has 0 amide bonds. The normalized spacial score (nSPS) is 32.6. The van der Waals surface area contributed by atoms with Gasteiger partial charge in [0.15, 0.2) is 0 Å². The summed E-state index contributed by atoms with van der Waals surface area (Å²) in [5.74, 6) is 0.755. The summed E-state index contributed by atoms with van der Waals surface area (Å²) >= 11 is 0. The maximum absolute atomic E-state index is 6.10. The van der Waals surface area contributed by atoms with E-state index in [-0.39, 0.29) is 0 Å². The first-order valence-electron chi connectivity index (χ1n) is 6.89. The van der Waals surface area contributed by atoms with Crippen molar-refractivity contribution >= 4 is 0 Å². The van der Waals surface area contributed by atoms with E-state index in [2.05, 4.69) is 20.8 Å². The monoisotopic (exact) mass is 212 g/mol. The third kappa shape index (κ3) is 5.01. The van der Waals surface area contributed by atoms with Crippen LogP contribution in [-0.4, -0.2) is 12.2 Å². The van der Waals surface area contributed by atoms with Crippen LogP contribution < -0.4 is 0 Å². The van der Waals surface area contributed by atoms with Gasteiger partial charge in [0.2, 0.25) is 0 Å². The van der Waals surface area contributed by atoms with Gasteiger partial charge in [-0.25, -0.2) is 0 Å². The van der Waals surface area contributed by atoms with Gasteiger partial charge < -0.3 is 4.74 Å². The fourth-order valence-corrected chi connectivity index (χ4v) is 2.42. The highest BCUT2D eigenvalue weighted by Gasteiger charge is 2.22. The van der Waals surface area contributed by atoms with Crippen LogP contribution in [0.5, 0.6) is 0 Å². The van der Waals surface area contributed by atoms with Crippen molar-refractivity contribution in [3.8, 4) is 0 Å². The van der Waals surface area contributed by atoms with Gasteiger partial charge in [0.05, 0.1) is 12.2 Å². The Bertz CT molecular complexity index is 155. The second-order valence-corrected chi connectivity index (χ2v) is 5.22. The van der Waals surface area contributed by atoms with Gasteiger partial charge in [-0.15, -0.1) is 0 Å². The van der Waals surface area contributed by atoms with Crippen molar-refractivity contribution in [1.82, 2.24) is 0 Å². The first-order valence-corrected chi connectivity index (χ1v) is 6.89. The Morgan fingerprint density at radius 2 is 1.87 bits per heavy atom. The van der Waals surface area contributed by atoms with Crippen molar-refractivity contribution in [1.29, 1.82) is 0 Å². The molecule has 1 aliphatic heterocycles. The average Bonchev–Trinajstić information content (AvgIpc) is 2.37. The van der Waals surface area contributed by atoms with E-state index >= 15 is 0 Å². The summed E-state index contributed by atoms with van der Waals surface area (Å²) in [7, 11) is 0. The largest absolute Gasteiger partial charge is 0.375 e. The van der Waals surface area contributed by atoms with E-state index in [1.807, 2.05) is 0 Å². The predicted octanol–water partition coefficient (Wildman–Crippen LogP) is 4.55. The maximum atomic E-state index is 6.10. The summed E-state index contributed by atoms with van der Waals surface area (Å²) in [4.78, 5) is 0. The zero-order chi connectivity index (χ0) is 11.1. The molecule has 3 atom stereocenters. The van der Waals surface area contributed by atoms with Gasteiger partial charge >= 0.3 is 0 Å². The van der Waals surface area contributed by atoms with E-state index in [1.54, 1.807) is 0 Å². The van der Waals surface area contributed by atoms with Gasteiger partial charge in [-0.05, 0) is 32.1 Å². The van der Waals surface area contributed by atoms with E-state index in [1.165, 1.54) is 51.4 Å². The van der Waals surface area contributed by atoms with Gasteiger partial charge in [0, 0.05) is 0 Å². The van der Waals surface area contributed by atoms with Crippen LogP contribution >= 0.6 is 0 Å². The minimum atomic E-state index is 0.476. The third-order valence-electron chi connectivity index (χ3n) is 3.77. The smallest absolute Gasteiger partial charge is 0.0578 e. The fraction of sp³-hybridized carbons (Fsp3) is 1.00. The van der Waals surface area contributed by atoms with Crippen molar-refractivity contribution in [3.05, 3.63) is 0 Å². The molecule has 1 aliphatic rings. The first kappa shape index (κ1) is 13.0. The quantitative estimate of drug-likeness (QED) is 0.607. The number of rotatable bonds is 5. The summed E-state index contributed by atoms with van der Waals surface area (Å²) in [6, 6.07) is 0. The Hall–Kier alpha value is -0.0400. The molecule has 15 heavy (non-hydrogen) atoms. The molecule has 0 bridgehead atoms. The molecule has 0 radical (unpaired) electrons. The minimum Gasteiger partial charge on any atom is -0.375 e. The number of hydrogen-bond donors (Lipinski definition) is 0. The zero-order valence-electron chi connectivity index (χ0n) is 10.8. The minimum absolute atomic E-state index is 0.476. The van der Waals surface area contributed by atoms with Crippen LogP contribution in [0.4, 0.5) is 0 Å². The maximum Gasteiger partial charge on any atom is 0.0578 e. The highest BCUT2D eigenvalue weighted by atomic mass is 16.5. The molecule has 0 aliphatic carbocycles. The highest BCUT2D eigenvalue weighted by Crippen LogP contribution is 2.25. The lowest BCUT2D eigenvalue weighted by Gasteiger charge is -2.21. The molecular formula is C14H28O. The van der Waals surface area contributed by atoms with Crippen molar-refractivity contribution in [2.75, 3.05) is 0 Å². The third-order valence-corrected chi connectivity index (χ3v) is 3.77. The molecule has 0 aromatic heterocycles. The van der Waals surface area contributed by atoms with Crippen molar-refractivity contribution < 1.29 is 4.74 Å². The van der Waals surface area contributed by atoms with Crippen molar-refractivity contribution in [2.24, 2.45) is 5.92 Å². The lowest BCUT2D eigenvalue weighted by Crippen LogP contribution is -2.21. The van der Waals surface area contributed by atoms with Crippen LogP contribution in [0, 0.1) is 5.92 Å². The van der Waals surface area contributed by atoms with E-state index in [4.69, 9.17) is 4.74 Å². The number of ether oxygens (including phenoxy) is 1. The summed E-state index contributed by atoms with van der Waals surface area (Å²) in [6.45, 7) is 6.84. The van der Waals surface area contributed by atoms with E-state index < -0.39 is 0 Å². The standard InChI is InChI=1S/C14H28O/c1-4-5-6-7-10-14-11-8-9-12(2)13(3)15-14/h12-14H,4-11H2,1-3H3/t12-,13+,14-/m1/s1. The SMILES string of the molecule is CCCCCC[C@@H]1CCC[C@@H](C)[C@H](C)O1. The van der Waals surface area contributed by atoms with E-state index in [0.29, 0.717) is 12.2 Å². The summed E-state index contributed by atoms with van der Waals surface area (Å²) < 4.78 is 6.10. The van der Waals surface area contributed by atoms with Gasteiger partial charge in [0.1, 0.15) is 0 Å². The molecule has 0 unspecified atom stereocenters. The first-order chi connectivity index (χ1) is 7.24. The molecule has 1 nitrogen and oxygen atoms in total. The molecule has 90 valence electrons. The molecule has 1 fully saturated rings. The van der Waals surface area contributed by atoms with E-state index in [9.17, 15) is 0 Å². The number of unbranched alkanes of at least 4 members (excludes halogenated alkanes) is 3. The van der Waals surface area contributed by atoms with Crippen molar-refractivity contribution in [3.63, 3.8) is 0 Å². The fourth-order valence-electron chi connectivity index (χ4n) is 2.42. The second-order valence-electron chi connectivity index (χ2n) is 5.22. The molecule has 0 spiro atoms. The Kier molecular flexibility index (Phi) is 6.31. The lowest BCUT2D eigenvalue weighted by molar-refractivity contribution is -0.0223. The molecular weight excluding hydrogens is 184 g/mol. The Morgan fingerprint density at radius 1 is 1.07 bits per heavy atom. The summed E-state index contributed by atoms with van der Waals surface area (Å²) in [6.07, 6.45) is 11.8. The van der Waals surface area contributed by atoms with E-state index in [0.717, 1.165) is 5.92 Å². The Labute approximate surface area is 95.6 Å². The molecule has 1 saturated heterocycles. The zero-order valence-corrected chi connectivity index (χ0v) is 10.8. The van der Waals surface area contributed by atoms with Gasteiger partial charge in [-0.2, -0.15) is 0 Å². The van der Waals surface area contributed by atoms with Crippen LogP contribution in [0.2, 0.25) is 0 Å². The molecule has 1 rings (SSSR count). The van der Waals surface area contributed by atoms with Crippen LogP contribution in [0.25, 0.3) is 0 Å². The summed E-state index contributed by atoms with van der Waals surface area (Å²) in [5, 5.41) is 0. The molecule has 0 N–H and O–H groups in total.